The van der Waals surface area contributed by atoms with E-state index >= 15 is 0 Å². The average molecular weight is 350 g/mol. The highest BCUT2D eigenvalue weighted by Crippen LogP contribution is 2.20. The Morgan fingerprint density at radius 3 is 2.72 bits per heavy atom. The fourth-order valence-corrected chi connectivity index (χ4v) is 3.25. The van der Waals surface area contributed by atoms with Crippen molar-refractivity contribution in [2.45, 2.75) is 77.4 Å². The second kappa shape index (κ2) is 11.2. The quantitative estimate of drug-likeness (QED) is 0.396. The molecule has 0 radical (unpaired) electrons. The maximum absolute atomic E-state index is 5.97. The van der Waals surface area contributed by atoms with E-state index in [0.29, 0.717) is 6.10 Å². The lowest BCUT2D eigenvalue weighted by Gasteiger charge is -2.21. The molecule has 0 aliphatic heterocycles. The number of unbranched alkanes of at least 4 members (excludes halogenated alkanes) is 2. The summed E-state index contributed by atoms with van der Waals surface area (Å²) in [5, 5.41) is 6.74. The molecule has 1 aromatic rings. The van der Waals surface area contributed by atoms with Crippen molar-refractivity contribution in [3.05, 3.63) is 23.7 Å². The SMILES string of the molecule is CN=C(NCCCCCOC1CCCCC1)NC(C)c1ccc(C)o1. The molecule has 1 aliphatic carbocycles. The molecule has 142 valence electrons. The van der Waals surface area contributed by atoms with Gasteiger partial charge in [-0.1, -0.05) is 19.3 Å². The molecule has 0 amide bonds. The molecule has 5 nitrogen and oxygen atoms in total. The molecule has 1 fully saturated rings. The zero-order valence-electron chi connectivity index (χ0n) is 16.1. The van der Waals surface area contributed by atoms with E-state index in [0.717, 1.165) is 43.5 Å². The first-order valence-electron chi connectivity index (χ1n) is 9.84. The molecule has 1 atom stereocenters. The normalized spacial score (nSPS) is 17.5. The Hall–Kier alpha value is -1.49. The van der Waals surface area contributed by atoms with E-state index < -0.39 is 0 Å². The lowest BCUT2D eigenvalue weighted by Crippen LogP contribution is -2.39. The van der Waals surface area contributed by atoms with E-state index in [-0.39, 0.29) is 6.04 Å². The summed E-state index contributed by atoms with van der Waals surface area (Å²) < 4.78 is 11.6. The van der Waals surface area contributed by atoms with Gasteiger partial charge in [0.1, 0.15) is 11.5 Å². The minimum Gasteiger partial charge on any atom is -0.464 e. The van der Waals surface area contributed by atoms with Gasteiger partial charge in [0.15, 0.2) is 5.96 Å². The first-order valence-corrected chi connectivity index (χ1v) is 9.84. The van der Waals surface area contributed by atoms with Crippen LogP contribution in [0.15, 0.2) is 21.5 Å². The van der Waals surface area contributed by atoms with Crippen LogP contribution in [-0.4, -0.2) is 32.3 Å². The smallest absolute Gasteiger partial charge is 0.191 e. The molecule has 0 aromatic carbocycles. The van der Waals surface area contributed by atoms with Gasteiger partial charge < -0.3 is 19.8 Å². The van der Waals surface area contributed by atoms with Crippen LogP contribution >= 0.6 is 0 Å². The van der Waals surface area contributed by atoms with Gasteiger partial charge in [0.2, 0.25) is 0 Å². The molecule has 0 saturated heterocycles. The van der Waals surface area contributed by atoms with E-state index in [9.17, 15) is 0 Å². The number of aliphatic imine (C=N–C) groups is 1. The van der Waals surface area contributed by atoms with Crippen molar-refractivity contribution in [1.29, 1.82) is 0 Å². The molecule has 2 N–H and O–H groups in total. The van der Waals surface area contributed by atoms with Gasteiger partial charge in [-0.25, -0.2) is 0 Å². The Morgan fingerprint density at radius 2 is 2.04 bits per heavy atom. The second-order valence-corrected chi connectivity index (χ2v) is 7.00. The summed E-state index contributed by atoms with van der Waals surface area (Å²) in [5.41, 5.74) is 0. The van der Waals surface area contributed by atoms with Crippen LogP contribution in [0.1, 0.15) is 75.9 Å². The summed E-state index contributed by atoms with van der Waals surface area (Å²) >= 11 is 0. The summed E-state index contributed by atoms with van der Waals surface area (Å²) in [6, 6.07) is 4.09. The van der Waals surface area contributed by atoms with Gasteiger partial charge in [-0.15, -0.1) is 0 Å². The van der Waals surface area contributed by atoms with Crippen LogP contribution in [-0.2, 0) is 4.74 Å². The Kier molecular flexibility index (Phi) is 8.87. The first kappa shape index (κ1) is 19.8. The Labute approximate surface area is 152 Å². The van der Waals surface area contributed by atoms with Crippen LogP contribution in [0.4, 0.5) is 0 Å². The van der Waals surface area contributed by atoms with Crippen LogP contribution in [0, 0.1) is 6.92 Å². The molecule has 0 bridgehead atoms. The van der Waals surface area contributed by atoms with Crippen LogP contribution < -0.4 is 10.6 Å². The van der Waals surface area contributed by atoms with E-state index in [4.69, 9.17) is 9.15 Å². The summed E-state index contributed by atoms with van der Waals surface area (Å²) in [6.07, 6.45) is 10.6. The van der Waals surface area contributed by atoms with Crippen molar-refractivity contribution in [3.63, 3.8) is 0 Å². The van der Waals surface area contributed by atoms with Gasteiger partial charge in [0, 0.05) is 20.2 Å². The standard InChI is InChI=1S/C20H35N3O2/c1-16-12-13-19(25-16)17(2)23-20(21-3)22-14-8-5-9-15-24-18-10-6-4-7-11-18/h12-13,17-18H,4-11,14-15H2,1-3H3,(H2,21,22,23). The van der Waals surface area contributed by atoms with Gasteiger partial charge in [-0.2, -0.15) is 0 Å². The molecule has 2 rings (SSSR count). The molecule has 5 heteroatoms. The van der Waals surface area contributed by atoms with E-state index in [1.54, 1.807) is 7.05 Å². The largest absolute Gasteiger partial charge is 0.464 e. The van der Waals surface area contributed by atoms with Gasteiger partial charge in [0.05, 0.1) is 12.1 Å². The third-order valence-corrected chi connectivity index (χ3v) is 4.78. The maximum Gasteiger partial charge on any atom is 0.191 e. The number of rotatable bonds is 9. The number of ether oxygens (including phenoxy) is 1. The molecule has 1 saturated carbocycles. The second-order valence-electron chi connectivity index (χ2n) is 7.00. The Morgan fingerprint density at radius 1 is 1.24 bits per heavy atom. The fraction of sp³-hybridized carbons (Fsp3) is 0.750. The van der Waals surface area contributed by atoms with E-state index in [1.807, 2.05) is 19.1 Å². The molecule has 0 spiro atoms. The number of nitrogens with zero attached hydrogens (tertiary/aromatic N) is 1. The molecule has 25 heavy (non-hydrogen) atoms. The minimum atomic E-state index is 0.101. The predicted octanol–water partition coefficient (Wildman–Crippen LogP) is 4.33. The minimum absolute atomic E-state index is 0.101. The van der Waals surface area contributed by atoms with Gasteiger partial charge in [0.25, 0.3) is 0 Å². The van der Waals surface area contributed by atoms with Gasteiger partial charge in [-0.05, 0) is 58.1 Å². The van der Waals surface area contributed by atoms with E-state index in [1.165, 1.54) is 38.5 Å². The zero-order chi connectivity index (χ0) is 17.9. The third-order valence-electron chi connectivity index (χ3n) is 4.78. The third kappa shape index (κ3) is 7.51. The van der Waals surface area contributed by atoms with Crippen LogP contribution in [0.3, 0.4) is 0 Å². The molecular formula is C20H35N3O2. The molecule has 1 aromatic heterocycles. The monoisotopic (exact) mass is 349 g/mol. The number of hydrogen-bond acceptors (Lipinski definition) is 3. The fourth-order valence-electron chi connectivity index (χ4n) is 3.25. The highest BCUT2D eigenvalue weighted by Gasteiger charge is 2.13. The van der Waals surface area contributed by atoms with Crippen molar-refractivity contribution >= 4 is 5.96 Å². The number of aryl methyl sites for hydroxylation is 1. The topological polar surface area (TPSA) is 58.8 Å². The van der Waals surface area contributed by atoms with Crippen molar-refractivity contribution in [2.24, 2.45) is 4.99 Å². The van der Waals surface area contributed by atoms with Gasteiger partial charge in [-0.3, -0.25) is 4.99 Å². The lowest BCUT2D eigenvalue weighted by molar-refractivity contribution is 0.0264. The van der Waals surface area contributed by atoms with Crippen LogP contribution in [0.2, 0.25) is 0 Å². The van der Waals surface area contributed by atoms with Gasteiger partial charge >= 0.3 is 0 Å². The summed E-state index contributed by atoms with van der Waals surface area (Å²) in [4.78, 5) is 4.28. The van der Waals surface area contributed by atoms with E-state index in [2.05, 4.69) is 22.5 Å². The lowest BCUT2D eigenvalue weighted by atomic mass is 9.98. The number of nitrogens with one attached hydrogen (secondary N) is 2. The predicted molar refractivity (Wildman–Crippen MR) is 103 cm³/mol. The number of guanidine groups is 1. The highest BCUT2D eigenvalue weighted by molar-refractivity contribution is 5.79. The Bertz CT molecular complexity index is 507. The average Bonchev–Trinajstić information content (AvgIpc) is 3.07. The Balaban J connectivity index is 1.52. The maximum atomic E-state index is 5.97. The number of furan rings is 1. The highest BCUT2D eigenvalue weighted by atomic mass is 16.5. The summed E-state index contributed by atoms with van der Waals surface area (Å²) in [7, 11) is 1.80. The molecule has 1 unspecified atom stereocenters. The van der Waals surface area contributed by atoms with Crippen molar-refractivity contribution < 1.29 is 9.15 Å². The molecule has 1 heterocycles. The number of hydrogen-bond donors (Lipinski definition) is 2. The molecule has 1 aliphatic rings. The summed E-state index contributed by atoms with van der Waals surface area (Å²) in [6.45, 7) is 5.87. The first-order chi connectivity index (χ1) is 12.2. The summed E-state index contributed by atoms with van der Waals surface area (Å²) in [5.74, 6) is 2.68. The van der Waals surface area contributed by atoms with Crippen molar-refractivity contribution in [2.75, 3.05) is 20.2 Å². The van der Waals surface area contributed by atoms with Crippen LogP contribution in [0.5, 0.6) is 0 Å². The molecular weight excluding hydrogens is 314 g/mol. The zero-order valence-corrected chi connectivity index (χ0v) is 16.1. The van der Waals surface area contributed by atoms with Crippen molar-refractivity contribution in [3.8, 4) is 0 Å². The van der Waals surface area contributed by atoms with Crippen LogP contribution in [0.25, 0.3) is 0 Å². The van der Waals surface area contributed by atoms with Crippen molar-refractivity contribution in [1.82, 2.24) is 10.6 Å².